The van der Waals surface area contributed by atoms with Gasteiger partial charge in [0.05, 0.1) is 6.61 Å². The molecule has 2 nitrogen and oxygen atoms in total. The fourth-order valence-electron chi connectivity index (χ4n) is 2.32. The van der Waals surface area contributed by atoms with Crippen molar-refractivity contribution in [3.63, 3.8) is 0 Å². The minimum absolute atomic E-state index is 0.0554. The number of furan rings is 1. The number of hydrogen-bond acceptors (Lipinski definition) is 2. The maximum atomic E-state index is 9.11. The highest BCUT2D eigenvalue weighted by molar-refractivity contribution is 5.78. The first-order chi connectivity index (χ1) is 8.85. The van der Waals surface area contributed by atoms with Gasteiger partial charge in [0.15, 0.2) is 0 Å². The number of hydrogen-bond donors (Lipinski definition) is 1. The quantitative estimate of drug-likeness (QED) is 0.886. The molecule has 1 aliphatic rings. The lowest BCUT2D eigenvalue weighted by molar-refractivity contribution is 0.282. The molecule has 2 aromatic rings. The fraction of sp³-hybridized carbons (Fsp3) is 0.250. The Hall–Kier alpha value is -1.80. The molecule has 1 heterocycles. The molecule has 1 N–H and O–H groups in total. The second-order valence-corrected chi connectivity index (χ2v) is 4.68. The maximum absolute atomic E-state index is 9.11. The second kappa shape index (κ2) is 4.83. The van der Waals surface area contributed by atoms with Gasteiger partial charge in [-0.05, 0) is 36.1 Å². The molecule has 1 aromatic heterocycles. The molecule has 1 aromatic carbocycles. The Morgan fingerprint density at radius 2 is 2.11 bits per heavy atom. The SMILES string of the molecule is OCc1ccc2cc(CC3=CCCC=C3)oc2c1. The molecule has 0 spiro atoms. The van der Waals surface area contributed by atoms with Gasteiger partial charge in [-0.3, -0.25) is 0 Å². The highest BCUT2D eigenvalue weighted by atomic mass is 16.3. The Bertz CT molecular complexity index is 617. The molecular formula is C16H16O2. The summed E-state index contributed by atoms with van der Waals surface area (Å²) in [6.07, 6.45) is 9.77. The smallest absolute Gasteiger partial charge is 0.134 e. The number of allylic oxidation sites excluding steroid dienone is 4. The van der Waals surface area contributed by atoms with Gasteiger partial charge in [0.2, 0.25) is 0 Å². The Balaban J connectivity index is 1.88. The van der Waals surface area contributed by atoms with Crippen LogP contribution in [-0.4, -0.2) is 5.11 Å². The molecule has 0 unspecified atom stereocenters. The molecule has 2 heteroatoms. The summed E-state index contributed by atoms with van der Waals surface area (Å²) in [6, 6.07) is 7.92. The first kappa shape index (κ1) is 11.3. The Morgan fingerprint density at radius 3 is 2.89 bits per heavy atom. The van der Waals surface area contributed by atoms with Crippen molar-refractivity contribution < 1.29 is 9.52 Å². The summed E-state index contributed by atoms with van der Waals surface area (Å²) in [6.45, 7) is 0.0554. The van der Waals surface area contributed by atoms with Gasteiger partial charge >= 0.3 is 0 Å². The van der Waals surface area contributed by atoms with Gasteiger partial charge in [-0.25, -0.2) is 0 Å². The van der Waals surface area contributed by atoms with Crippen molar-refractivity contribution in [2.45, 2.75) is 25.9 Å². The fourth-order valence-corrected chi connectivity index (χ4v) is 2.32. The predicted molar refractivity (Wildman–Crippen MR) is 72.3 cm³/mol. The lowest BCUT2D eigenvalue weighted by Gasteiger charge is -2.03. The van der Waals surface area contributed by atoms with Crippen LogP contribution in [-0.2, 0) is 13.0 Å². The third-order valence-electron chi connectivity index (χ3n) is 3.27. The van der Waals surface area contributed by atoms with Crippen LogP contribution >= 0.6 is 0 Å². The van der Waals surface area contributed by atoms with Gasteiger partial charge in [-0.2, -0.15) is 0 Å². The van der Waals surface area contributed by atoms with Crippen LogP contribution in [0.25, 0.3) is 11.0 Å². The van der Waals surface area contributed by atoms with Crippen LogP contribution in [0.3, 0.4) is 0 Å². The molecule has 1 aliphatic carbocycles. The van der Waals surface area contributed by atoms with Crippen LogP contribution in [0.15, 0.2) is 52.5 Å². The molecule has 0 saturated carbocycles. The maximum Gasteiger partial charge on any atom is 0.134 e. The zero-order valence-electron chi connectivity index (χ0n) is 10.2. The molecule has 0 amide bonds. The topological polar surface area (TPSA) is 33.4 Å². The largest absolute Gasteiger partial charge is 0.461 e. The zero-order chi connectivity index (χ0) is 12.4. The van der Waals surface area contributed by atoms with Crippen molar-refractivity contribution in [2.24, 2.45) is 0 Å². The van der Waals surface area contributed by atoms with E-state index in [2.05, 4.69) is 24.3 Å². The monoisotopic (exact) mass is 240 g/mol. The first-order valence-electron chi connectivity index (χ1n) is 6.33. The summed E-state index contributed by atoms with van der Waals surface area (Å²) in [5.41, 5.74) is 3.07. The summed E-state index contributed by atoms with van der Waals surface area (Å²) in [5.74, 6) is 0.984. The molecule has 0 aliphatic heterocycles. The zero-order valence-corrected chi connectivity index (χ0v) is 10.2. The van der Waals surface area contributed by atoms with Crippen molar-refractivity contribution >= 4 is 11.0 Å². The average molecular weight is 240 g/mol. The molecule has 18 heavy (non-hydrogen) atoms. The van der Waals surface area contributed by atoms with Gasteiger partial charge < -0.3 is 9.52 Å². The van der Waals surface area contributed by atoms with Crippen molar-refractivity contribution in [2.75, 3.05) is 0 Å². The predicted octanol–water partition coefficient (Wildman–Crippen LogP) is 3.74. The van der Waals surface area contributed by atoms with Gasteiger partial charge in [0.25, 0.3) is 0 Å². The normalized spacial score (nSPS) is 15.1. The Labute approximate surface area is 106 Å². The Morgan fingerprint density at radius 1 is 1.17 bits per heavy atom. The van der Waals surface area contributed by atoms with Crippen molar-refractivity contribution in [3.05, 3.63) is 59.4 Å². The molecule has 0 saturated heterocycles. The van der Waals surface area contributed by atoms with E-state index in [1.807, 2.05) is 18.2 Å². The molecule has 0 atom stereocenters. The van der Waals surface area contributed by atoms with Crippen LogP contribution < -0.4 is 0 Å². The summed E-state index contributed by atoms with van der Waals surface area (Å²) in [4.78, 5) is 0. The number of fused-ring (bicyclic) bond motifs is 1. The molecule has 0 bridgehead atoms. The van der Waals surface area contributed by atoms with E-state index in [1.54, 1.807) is 0 Å². The van der Waals surface area contributed by atoms with Gasteiger partial charge in [0, 0.05) is 11.8 Å². The highest BCUT2D eigenvalue weighted by Gasteiger charge is 2.07. The molecule has 0 radical (unpaired) electrons. The Kier molecular flexibility index (Phi) is 3.03. The van der Waals surface area contributed by atoms with E-state index in [1.165, 1.54) is 5.57 Å². The number of rotatable bonds is 3. The summed E-state index contributed by atoms with van der Waals surface area (Å²) in [5, 5.41) is 10.2. The van der Waals surface area contributed by atoms with E-state index in [0.29, 0.717) is 0 Å². The highest BCUT2D eigenvalue weighted by Crippen LogP contribution is 2.24. The van der Waals surface area contributed by atoms with Crippen LogP contribution in [0.2, 0.25) is 0 Å². The van der Waals surface area contributed by atoms with Gasteiger partial charge in [-0.15, -0.1) is 0 Å². The minimum Gasteiger partial charge on any atom is -0.461 e. The average Bonchev–Trinajstić information content (AvgIpc) is 2.80. The molecule has 0 fully saturated rings. The molecule has 3 rings (SSSR count). The summed E-state index contributed by atoms with van der Waals surface area (Å²) >= 11 is 0. The van der Waals surface area contributed by atoms with Crippen LogP contribution in [0.1, 0.15) is 24.2 Å². The first-order valence-corrected chi connectivity index (χ1v) is 6.33. The number of aliphatic hydroxyl groups excluding tert-OH is 1. The summed E-state index contributed by atoms with van der Waals surface area (Å²) in [7, 11) is 0. The van der Waals surface area contributed by atoms with E-state index in [4.69, 9.17) is 9.52 Å². The van der Waals surface area contributed by atoms with E-state index in [9.17, 15) is 0 Å². The second-order valence-electron chi connectivity index (χ2n) is 4.68. The molecular weight excluding hydrogens is 224 g/mol. The third kappa shape index (κ3) is 2.24. The van der Waals surface area contributed by atoms with E-state index in [0.717, 1.165) is 41.6 Å². The number of benzene rings is 1. The van der Waals surface area contributed by atoms with Crippen molar-refractivity contribution in [1.82, 2.24) is 0 Å². The minimum atomic E-state index is 0.0554. The van der Waals surface area contributed by atoms with Crippen LogP contribution in [0.5, 0.6) is 0 Å². The van der Waals surface area contributed by atoms with E-state index >= 15 is 0 Å². The van der Waals surface area contributed by atoms with Crippen LogP contribution in [0, 0.1) is 0 Å². The van der Waals surface area contributed by atoms with Crippen LogP contribution in [0.4, 0.5) is 0 Å². The van der Waals surface area contributed by atoms with E-state index < -0.39 is 0 Å². The standard InChI is InChI=1S/C16H16O2/c17-11-13-6-7-14-10-15(18-16(14)9-13)8-12-4-2-1-3-5-12/h2,4-7,9-10,17H,1,3,8,11H2. The molecule has 92 valence electrons. The van der Waals surface area contributed by atoms with Crippen molar-refractivity contribution in [1.29, 1.82) is 0 Å². The lowest BCUT2D eigenvalue weighted by atomic mass is 10.0. The number of aliphatic hydroxyl groups is 1. The summed E-state index contributed by atoms with van der Waals surface area (Å²) < 4.78 is 5.83. The van der Waals surface area contributed by atoms with Crippen molar-refractivity contribution in [3.8, 4) is 0 Å². The van der Waals surface area contributed by atoms with E-state index in [-0.39, 0.29) is 6.61 Å². The van der Waals surface area contributed by atoms with Gasteiger partial charge in [-0.1, -0.05) is 30.4 Å². The van der Waals surface area contributed by atoms with Gasteiger partial charge in [0.1, 0.15) is 11.3 Å². The lowest BCUT2D eigenvalue weighted by Crippen LogP contribution is -1.89. The third-order valence-corrected chi connectivity index (χ3v) is 3.27.